The summed E-state index contributed by atoms with van der Waals surface area (Å²) in [6.45, 7) is 1.89. The van der Waals surface area contributed by atoms with Crippen LogP contribution in [0.4, 0.5) is 11.6 Å². The second-order valence-corrected chi connectivity index (χ2v) is 7.55. The van der Waals surface area contributed by atoms with Crippen molar-refractivity contribution in [1.29, 1.82) is 0 Å². The molecule has 2 aromatic heterocycles. The molecule has 0 unspecified atom stereocenters. The van der Waals surface area contributed by atoms with Crippen LogP contribution in [0, 0.1) is 17.0 Å². The molecule has 1 amide bonds. The lowest BCUT2D eigenvalue weighted by Crippen LogP contribution is -2.21. The maximum Gasteiger partial charge on any atom is 0.390 e. The molecule has 146 valence electrons. The molecule has 0 bridgehead atoms. The van der Waals surface area contributed by atoms with Crippen LogP contribution in [0.5, 0.6) is 0 Å². The molecule has 12 heteroatoms. The van der Waals surface area contributed by atoms with Crippen LogP contribution < -0.4 is 5.32 Å². The van der Waals surface area contributed by atoms with Crippen molar-refractivity contribution in [2.75, 3.05) is 5.32 Å². The van der Waals surface area contributed by atoms with Gasteiger partial charge in [-0.05, 0) is 45.5 Å². The van der Waals surface area contributed by atoms with Crippen molar-refractivity contribution < 1.29 is 9.72 Å². The first kappa shape index (κ1) is 20.3. The number of aryl methyl sites for hydroxylation is 1. The quantitative estimate of drug-likeness (QED) is 0.416. The third-order valence-electron chi connectivity index (χ3n) is 3.75. The molecule has 0 aliphatic rings. The highest BCUT2D eigenvalue weighted by Gasteiger charge is 2.18. The Morgan fingerprint density at radius 1 is 1.29 bits per heavy atom. The van der Waals surface area contributed by atoms with Crippen molar-refractivity contribution in [3.05, 3.63) is 66.4 Å². The summed E-state index contributed by atoms with van der Waals surface area (Å²) in [4.78, 5) is 22.4. The molecule has 1 aromatic carbocycles. The van der Waals surface area contributed by atoms with Gasteiger partial charge in [-0.1, -0.05) is 29.3 Å². The standard InChI is InChI=1S/C16H13BrCl2N6O3/c1-9-4-14(25(27)28)21-24(9)8-15(26)20-16-11(17)7-23(22-16)6-10-2-3-12(18)13(19)5-10/h2-5,7H,6,8H2,1H3,(H,20,22,26). The van der Waals surface area contributed by atoms with Crippen LogP contribution in [0.15, 0.2) is 34.9 Å². The van der Waals surface area contributed by atoms with E-state index in [1.807, 2.05) is 6.07 Å². The van der Waals surface area contributed by atoms with Crippen molar-refractivity contribution in [3.63, 3.8) is 0 Å². The second kappa shape index (κ2) is 8.29. The first-order valence-electron chi connectivity index (χ1n) is 7.88. The summed E-state index contributed by atoms with van der Waals surface area (Å²) in [5.41, 5.74) is 1.40. The SMILES string of the molecule is Cc1cc([N+](=O)[O-])nn1CC(=O)Nc1nn(Cc2ccc(Cl)c(Cl)c2)cc1Br. The molecule has 3 rings (SSSR count). The fourth-order valence-corrected chi connectivity index (χ4v) is 3.17. The Morgan fingerprint density at radius 3 is 2.68 bits per heavy atom. The van der Waals surface area contributed by atoms with Gasteiger partial charge in [0.15, 0.2) is 5.82 Å². The molecule has 0 aliphatic carbocycles. The van der Waals surface area contributed by atoms with Gasteiger partial charge in [0, 0.05) is 6.20 Å². The zero-order chi connectivity index (χ0) is 20.4. The molecular weight excluding hydrogens is 475 g/mol. The Morgan fingerprint density at radius 2 is 2.04 bits per heavy atom. The van der Waals surface area contributed by atoms with Crippen LogP contribution in [0.25, 0.3) is 0 Å². The Labute approximate surface area is 177 Å². The number of nitrogens with one attached hydrogen (secondary N) is 1. The molecule has 1 N–H and O–H groups in total. The molecule has 28 heavy (non-hydrogen) atoms. The largest absolute Gasteiger partial charge is 0.390 e. The van der Waals surface area contributed by atoms with E-state index in [9.17, 15) is 14.9 Å². The second-order valence-electron chi connectivity index (χ2n) is 5.88. The Hall–Kier alpha value is -2.43. The van der Waals surface area contributed by atoms with E-state index in [1.165, 1.54) is 10.7 Å². The number of amides is 1. The lowest BCUT2D eigenvalue weighted by atomic mass is 10.2. The summed E-state index contributed by atoms with van der Waals surface area (Å²) in [6.07, 6.45) is 1.71. The van der Waals surface area contributed by atoms with E-state index < -0.39 is 10.8 Å². The van der Waals surface area contributed by atoms with Gasteiger partial charge >= 0.3 is 5.82 Å². The van der Waals surface area contributed by atoms with Gasteiger partial charge in [0.25, 0.3) is 0 Å². The molecule has 0 saturated heterocycles. The number of carbonyl (C=O) groups is 1. The van der Waals surface area contributed by atoms with E-state index in [2.05, 4.69) is 31.4 Å². The van der Waals surface area contributed by atoms with Gasteiger partial charge in [0.05, 0.1) is 37.9 Å². The minimum absolute atomic E-state index is 0.175. The van der Waals surface area contributed by atoms with Crippen LogP contribution in [-0.2, 0) is 17.9 Å². The Kier molecular flexibility index (Phi) is 6.01. The zero-order valence-electron chi connectivity index (χ0n) is 14.4. The molecule has 0 saturated carbocycles. The summed E-state index contributed by atoms with van der Waals surface area (Å²) < 4.78 is 3.47. The fourth-order valence-electron chi connectivity index (χ4n) is 2.44. The summed E-state index contributed by atoms with van der Waals surface area (Å²) in [7, 11) is 0. The van der Waals surface area contributed by atoms with E-state index in [-0.39, 0.29) is 12.4 Å². The lowest BCUT2D eigenvalue weighted by Gasteiger charge is -2.04. The summed E-state index contributed by atoms with van der Waals surface area (Å²) in [6, 6.07) is 6.57. The number of hydrogen-bond acceptors (Lipinski definition) is 5. The third-order valence-corrected chi connectivity index (χ3v) is 5.07. The lowest BCUT2D eigenvalue weighted by molar-refractivity contribution is -0.389. The maximum absolute atomic E-state index is 12.3. The summed E-state index contributed by atoms with van der Waals surface area (Å²) in [5, 5.41) is 22.4. The predicted octanol–water partition coefficient (Wildman–Crippen LogP) is 4.05. The average molecular weight is 488 g/mol. The number of carbonyl (C=O) groups excluding carboxylic acids is 1. The van der Waals surface area contributed by atoms with Crippen molar-refractivity contribution in [3.8, 4) is 0 Å². The molecular formula is C16H13BrCl2N6O3. The van der Waals surface area contributed by atoms with Gasteiger partial charge in [-0.25, -0.2) is 0 Å². The first-order chi connectivity index (χ1) is 13.2. The van der Waals surface area contributed by atoms with Crippen molar-refractivity contribution in [2.24, 2.45) is 0 Å². The summed E-state index contributed by atoms with van der Waals surface area (Å²) in [5.74, 6) is -0.400. The summed E-state index contributed by atoms with van der Waals surface area (Å²) >= 11 is 15.3. The number of nitro groups is 1. The molecule has 0 radical (unpaired) electrons. The van der Waals surface area contributed by atoms with Crippen molar-refractivity contribution in [1.82, 2.24) is 19.6 Å². The van der Waals surface area contributed by atoms with Gasteiger partial charge in [0.2, 0.25) is 5.91 Å². The number of nitrogens with zero attached hydrogens (tertiary/aromatic N) is 5. The highest BCUT2D eigenvalue weighted by atomic mass is 79.9. The number of benzene rings is 1. The van der Waals surface area contributed by atoms with Gasteiger partial charge in [-0.15, -0.1) is 0 Å². The van der Waals surface area contributed by atoms with Crippen LogP contribution in [0.1, 0.15) is 11.3 Å². The van der Waals surface area contributed by atoms with Gasteiger partial charge in [-0.3, -0.25) is 9.48 Å². The van der Waals surface area contributed by atoms with Crippen molar-refractivity contribution in [2.45, 2.75) is 20.0 Å². The smallest absolute Gasteiger partial charge is 0.358 e. The normalized spacial score (nSPS) is 10.9. The fraction of sp³-hybridized carbons (Fsp3) is 0.188. The highest BCUT2D eigenvalue weighted by Crippen LogP contribution is 2.24. The molecule has 0 fully saturated rings. The Bertz CT molecular complexity index is 1060. The number of hydrogen-bond donors (Lipinski definition) is 1. The van der Waals surface area contributed by atoms with Crippen LogP contribution >= 0.6 is 39.1 Å². The molecule has 2 heterocycles. The number of aromatic nitrogens is 4. The van der Waals surface area contributed by atoms with E-state index >= 15 is 0 Å². The van der Waals surface area contributed by atoms with Gasteiger partial charge < -0.3 is 15.4 Å². The monoisotopic (exact) mass is 486 g/mol. The molecule has 0 aliphatic heterocycles. The van der Waals surface area contributed by atoms with Gasteiger partial charge in [-0.2, -0.15) is 9.78 Å². The Balaban J connectivity index is 1.68. The number of rotatable bonds is 6. The number of anilines is 1. The minimum atomic E-state index is -0.608. The molecule has 0 atom stereocenters. The van der Waals surface area contributed by atoms with E-state index in [1.54, 1.807) is 29.9 Å². The molecule has 9 nitrogen and oxygen atoms in total. The van der Waals surface area contributed by atoms with E-state index in [0.29, 0.717) is 32.6 Å². The van der Waals surface area contributed by atoms with Crippen LogP contribution in [-0.4, -0.2) is 30.4 Å². The average Bonchev–Trinajstić information content (AvgIpc) is 3.14. The van der Waals surface area contributed by atoms with Gasteiger partial charge in [0.1, 0.15) is 6.54 Å². The van der Waals surface area contributed by atoms with Crippen molar-refractivity contribution >= 4 is 56.7 Å². The van der Waals surface area contributed by atoms with E-state index in [4.69, 9.17) is 23.2 Å². The highest BCUT2D eigenvalue weighted by molar-refractivity contribution is 9.10. The molecule has 0 spiro atoms. The van der Waals surface area contributed by atoms with Crippen LogP contribution in [0.2, 0.25) is 10.0 Å². The number of halogens is 3. The predicted molar refractivity (Wildman–Crippen MR) is 108 cm³/mol. The zero-order valence-corrected chi connectivity index (χ0v) is 17.5. The third kappa shape index (κ3) is 4.70. The minimum Gasteiger partial charge on any atom is -0.358 e. The van der Waals surface area contributed by atoms with E-state index in [0.717, 1.165) is 5.56 Å². The first-order valence-corrected chi connectivity index (χ1v) is 9.43. The maximum atomic E-state index is 12.3. The topological polar surface area (TPSA) is 108 Å². The molecule has 3 aromatic rings. The van der Waals surface area contributed by atoms with Crippen LogP contribution in [0.3, 0.4) is 0 Å².